The highest BCUT2D eigenvalue weighted by Gasteiger charge is 2.08. The quantitative estimate of drug-likeness (QED) is 0.654. The molecule has 0 atom stereocenters. The molecule has 0 aliphatic carbocycles. The van der Waals surface area contributed by atoms with Crippen LogP contribution in [0.4, 0.5) is 0 Å². The molecule has 0 spiro atoms. The Hall–Kier alpha value is 0.130. The van der Waals surface area contributed by atoms with Gasteiger partial charge in [-0.05, 0) is 25.0 Å². The summed E-state index contributed by atoms with van der Waals surface area (Å²) >= 11 is 0. The summed E-state index contributed by atoms with van der Waals surface area (Å²) in [4.78, 5) is 0. The molecule has 1 nitrogen and oxygen atoms in total. The molecule has 1 N–H and O–H groups in total. The molecule has 0 radical (unpaired) electrons. The number of rotatable bonds is 2. The zero-order chi connectivity index (χ0) is 9.83. The third-order valence-electron chi connectivity index (χ3n) is 1.15. The van der Waals surface area contributed by atoms with Crippen molar-refractivity contribution >= 4 is 14.2 Å². The zero-order valence-electron chi connectivity index (χ0n) is 9.23. The standard InChI is InChI=1S/C10H22NP/c1-9(2,3)7-11-12-8-10(4,5)6/h8,11H,7H2,1-6H3. The van der Waals surface area contributed by atoms with Gasteiger partial charge in [-0.15, -0.1) is 0 Å². The van der Waals surface area contributed by atoms with Crippen LogP contribution in [0.5, 0.6) is 0 Å². The summed E-state index contributed by atoms with van der Waals surface area (Å²) in [5.41, 5.74) is 0.713. The second kappa shape index (κ2) is 4.39. The van der Waals surface area contributed by atoms with Crippen molar-refractivity contribution in [1.82, 2.24) is 5.09 Å². The van der Waals surface area contributed by atoms with Gasteiger partial charge < -0.3 is 0 Å². The van der Waals surface area contributed by atoms with Crippen LogP contribution in [0.2, 0.25) is 0 Å². The van der Waals surface area contributed by atoms with Crippen molar-refractivity contribution in [2.45, 2.75) is 41.5 Å². The fraction of sp³-hybridized carbons (Fsp3) is 0.900. The average Bonchev–Trinajstić information content (AvgIpc) is 1.76. The normalized spacial score (nSPS) is 14.2. The highest BCUT2D eigenvalue weighted by molar-refractivity contribution is 7.36. The Morgan fingerprint density at radius 2 is 1.58 bits per heavy atom. The molecule has 12 heavy (non-hydrogen) atoms. The maximum absolute atomic E-state index is 3.40. The van der Waals surface area contributed by atoms with E-state index in [0.717, 1.165) is 6.54 Å². The van der Waals surface area contributed by atoms with Gasteiger partial charge in [-0.2, -0.15) is 0 Å². The lowest BCUT2D eigenvalue weighted by Crippen LogP contribution is -2.20. The van der Waals surface area contributed by atoms with Gasteiger partial charge in [0.15, 0.2) is 0 Å². The lowest BCUT2D eigenvalue weighted by molar-refractivity contribution is 0.415. The van der Waals surface area contributed by atoms with Crippen LogP contribution in [0.15, 0.2) is 0 Å². The molecule has 2 heteroatoms. The van der Waals surface area contributed by atoms with E-state index in [4.69, 9.17) is 0 Å². The minimum absolute atomic E-state index is 0.326. The largest absolute Gasteiger partial charge is 0.271 e. The first-order valence-corrected chi connectivity index (χ1v) is 5.44. The van der Waals surface area contributed by atoms with Crippen molar-refractivity contribution in [1.29, 1.82) is 0 Å². The predicted octanol–water partition coefficient (Wildman–Crippen LogP) is 3.33. The van der Waals surface area contributed by atoms with Crippen molar-refractivity contribution in [2.24, 2.45) is 10.8 Å². The van der Waals surface area contributed by atoms with Gasteiger partial charge in [0.1, 0.15) is 0 Å². The Bertz CT molecular complexity index is 148. The minimum atomic E-state index is 0.326. The summed E-state index contributed by atoms with van der Waals surface area (Å²) in [6.07, 6.45) is 0. The molecule has 0 saturated carbocycles. The summed E-state index contributed by atoms with van der Waals surface area (Å²) in [7, 11) is 1.25. The van der Waals surface area contributed by atoms with Crippen molar-refractivity contribution in [3.8, 4) is 0 Å². The second-order valence-electron chi connectivity index (χ2n) is 5.52. The molecule has 0 rings (SSSR count). The Morgan fingerprint density at radius 1 is 1.08 bits per heavy atom. The van der Waals surface area contributed by atoms with Gasteiger partial charge in [0.2, 0.25) is 0 Å². The molecule has 0 aromatic rings. The van der Waals surface area contributed by atoms with Gasteiger partial charge >= 0.3 is 0 Å². The molecule has 0 fully saturated rings. The van der Waals surface area contributed by atoms with Gasteiger partial charge in [0, 0.05) is 6.54 Å². The van der Waals surface area contributed by atoms with Crippen LogP contribution in [-0.2, 0) is 0 Å². The molecule has 0 aliphatic heterocycles. The lowest BCUT2D eigenvalue weighted by Gasteiger charge is -2.17. The fourth-order valence-corrected chi connectivity index (χ4v) is 1.57. The first-order chi connectivity index (χ1) is 5.21. The van der Waals surface area contributed by atoms with Crippen molar-refractivity contribution < 1.29 is 0 Å². The molecule has 0 bridgehead atoms. The molecule has 0 saturated heterocycles. The third kappa shape index (κ3) is 10.1. The predicted molar refractivity (Wildman–Crippen MR) is 59.9 cm³/mol. The zero-order valence-corrected chi connectivity index (χ0v) is 10.1. The van der Waals surface area contributed by atoms with E-state index in [-0.39, 0.29) is 0 Å². The SMILES string of the molecule is CC(C)(C)C=PNCC(C)(C)C. The van der Waals surface area contributed by atoms with Crippen LogP contribution in [0.25, 0.3) is 0 Å². The van der Waals surface area contributed by atoms with Crippen LogP contribution in [0.1, 0.15) is 41.5 Å². The minimum Gasteiger partial charge on any atom is -0.271 e. The Labute approximate surface area is 78.8 Å². The Kier molecular flexibility index (Phi) is 4.44. The maximum Gasteiger partial charge on any atom is 0.00843 e. The van der Waals surface area contributed by atoms with Crippen LogP contribution in [-0.4, -0.2) is 12.3 Å². The average molecular weight is 187 g/mol. The maximum atomic E-state index is 3.40. The van der Waals surface area contributed by atoms with Crippen molar-refractivity contribution in [3.05, 3.63) is 0 Å². The third-order valence-corrected chi connectivity index (χ3v) is 2.40. The number of hydrogen-bond donors (Lipinski definition) is 1. The number of nitrogens with one attached hydrogen (secondary N) is 1. The van der Waals surface area contributed by atoms with Gasteiger partial charge in [-0.25, -0.2) is 0 Å². The molecular weight excluding hydrogens is 165 g/mol. The first-order valence-electron chi connectivity index (χ1n) is 4.48. The van der Waals surface area contributed by atoms with Crippen molar-refractivity contribution in [3.63, 3.8) is 0 Å². The molecule has 0 amide bonds. The molecule has 0 aliphatic rings. The van der Waals surface area contributed by atoms with Gasteiger partial charge in [0.25, 0.3) is 0 Å². The molecular formula is C10H22NP. The van der Waals surface area contributed by atoms with E-state index >= 15 is 0 Å². The van der Waals surface area contributed by atoms with E-state index in [1.54, 1.807) is 0 Å². The van der Waals surface area contributed by atoms with E-state index in [1.807, 2.05) is 0 Å². The van der Waals surface area contributed by atoms with E-state index < -0.39 is 0 Å². The molecule has 72 valence electrons. The Morgan fingerprint density at radius 3 is 1.92 bits per heavy atom. The first kappa shape index (κ1) is 12.1. The highest BCUT2D eigenvalue weighted by atomic mass is 31.1. The van der Waals surface area contributed by atoms with Gasteiger partial charge in [-0.1, -0.05) is 41.5 Å². The summed E-state index contributed by atoms with van der Waals surface area (Å²) in [6.45, 7) is 14.5. The fourth-order valence-electron chi connectivity index (χ4n) is 0.522. The van der Waals surface area contributed by atoms with E-state index in [2.05, 4.69) is 52.4 Å². The van der Waals surface area contributed by atoms with Crippen LogP contribution >= 0.6 is 8.35 Å². The molecule has 0 unspecified atom stereocenters. The van der Waals surface area contributed by atoms with Crippen LogP contribution < -0.4 is 5.09 Å². The van der Waals surface area contributed by atoms with Crippen molar-refractivity contribution in [2.75, 3.05) is 6.54 Å². The Balaban J connectivity index is 3.64. The second-order valence-corrected chi connectivity index (χ2v) is 6.35. The van der Waals surface area contributed by atoms with Gasteiger partial charge in [-0.3, -0.25) is 5.09 Å². The summed E-state index contributed by atoms with van der Waals surface area (Å²) < 4.78 is 0. The smallest absolute Gasteiger partial charge is 0.00843 e. The summed E-state index contributed by atoms with van der Waals surface area (Å²) in [5.74, 6) is 2.29. The van der Waals surface area contributed by atoms with Crippen LogP contribution in [0, 0.1) is 10.8 Å². The van der Waals surface area contributed by atoms with Gasteiger partial charge in [0.05, 0.1) is 0 Å². The molecule has 0 aromatic heterocycles. The van der Waals surface area contributed by atoms with E-state index in [9.17, 15) is 0 Å². The van der Waals surface area contributed by atoms with Crippen LogP contribution in [0.3, 0.4) is 0 Å². The van der Waals surface area contributed by atoms with E-state index in [1.165, 1.54) is 8.35 Å². The lowest BCUT2D eigenvalue weighted by atomic mass is 9.98. The molecule has 0 heterocycles. The summed E-state index contributed by atoms with van der Waals surface area (Å²) in [6, 6.07) is 0. The summed E-state index contributed by atoms with van der Waals surface area (Å²) in [5, 5.41) is 3.40. The highest BCUT2D eigenvalue weighted by Crippen LogP contribution is 2.14. The monoisotopic (exact) mass is 187 g/mol. The van der Waals surface area contributed by atoms with E-state index in [0.29, 0.717) is 10.8 Å². The topological polar surface area (TPSA) is 12.0 Å². The number of hydrogen-bond acceptors (Lipinski definition) is 1. The molecule has 0 aromatic carbocycles.